The molecule has 3 aromatic carbocycles. The molecule has 1 N–H and O–H groups in total. The Labute approximate surface area is 121 Å². The van der Waals surface area contributed by atoms with Crippen molar-refractivity contribution >= 4 is 27.8 Å². The van der Waals surface area contributed by atoms with Gasteiger partial charge >= 0.3 is 0 Å². The van der Waals surface area contributed by atoms with Crippen LogP contribution in [0.25, 0.3) is 32.8 Å². The van der Waals surface area contributed by atoms with Crippen LogP contribution in [-0.2, 0) is 0 Å². The molecule has 0 aliphatic rings. The third-order valence-electron chi connectivity index (χ3n) is 3.82. The van der Waals surface area contributed by atoms with E-state index in [4.69, 9.17) is 0 Å². The van der Waals surface area contributed by atoms with E-state index >= 15 is 0 Å². The smallest absolute Gasteiger partial charge is 0.153 e. The van der Waals surface area contributed by atoms with Gasteiger partial charge < -0.3 is 0 Å². The number of hydrogen-bond donors (Lipinski definition) is 1. The fourth-order valence-electron chi connectivity index (χ4n) is 2.87. The fourth-order valence-corrected chi connectivity index (χ4v) is 2.87. The minimum Gasteiger partial charge on any atom is -0.298 e. The van der Waals surface area contributed by atoms with E-state index in [1.54, 1.807) is 6.20 Å². The van der Waals surface area contributed by atoms with Crippen LogP contribution >= 0.6 is 0 Å². The monoisotopic (exact) mass is 272 g/mol. The molecule has 1 heterocycles. The van der Waals surface area contributed by atoms with Crippen LogP contribution in [-0.4, -0.2) is 16.5 Å². The molecule has 0 radical (unpaired) electrons. The molecule has 0 saturated carbocycles. The van der Waals surface area contributed by atoms with Crippen LogP contribution in [0.2, 0.25) is 0 Å². The van der Waals surface area contributed by atoms with E-state index in [1.807, 2.05) is 24.3 Å². The molecular formula is C18H12N2O. The van der Waals surface area contributed by atoms with Crippen molar-refractivity contribution < 1.29 is 4.79 Å². The van der Waals surface area contributed by atoms with Gasteiger partial charge in [-0.2, -0.15) is 5.10 Å². The van der Waals surface area contributed by atoms with Gasteiger partial charge in [-0.1, -0.05) is 48.5 Å². The number of aldehydes is 1. The first-order valence-corrected chi connectivity index (χ1v) is 6.78. The van der Waals surface area contributed by atoms with Crippen molar-refractivity contribution in [2.75, 3.05) is 0 Å². The highest BCUT2D eigenvalue weighted by atomic mass is 16.1. The second kappa shape index (κ2) is 4.56. The Morgan fingerprint density at radius 3 is 2.14 bits per heavy atom. The Morgan fingerprint density at radius 1 is 0.905 bits per heavy atom. The number of hydrogen-bond acceptors (Lipinski definition) is 2. The molecule has 4 aromatic rings. The lowest BCUT2D eigenvalue weighted by molar-refractivity contribution is 0.112. The summed E-state index contributed by atoms with van der Waals surface area (Å²) in [6.45, 7) is 0. The summed E-state index contributed by atoms with van der Waals surface area (Å²) in [5.41, 5.74) is 2.39. The Bertz CT molecular complexity index is 915. The second-order valence-corrected chi connectivity index (χ2v) is 5.01. The number of aromatic amines is 1. The van der Waals surface area contributed by atoms with E-state index in [1.165, 1.54) is 0 Å². The van der Waals surface area contributed by atoms with E-state index in [2.05, 4.69) is 40.5 Å². The molecule has 21 heavy (non-hydrogen) atoms. The summed E-state index contributed by atoms with van der Waals surface area (Å²) in [6, 6.07) is 18.6. The Hall–Kier alpha value is -2.94. The van der Waals surface area contributed by atoms with Gasteiger partial charge in [-0.15, -0.1) is 0 Å². The zero-order valence-electron chi connectivity index (χ0n) is 11.2. The first-order valence-electron chi connectivity index (χ1n) is 6.78. The first-order chi connectivity index (χ1) is 10.4. The van der Waals surface area contributed by atoms with E-state index in [-0.39, 0.29) is 0 Å². The summed E-state index contributed by atoms with van der Waals surface area (Å²) >= 11 is 0. The van der Waals surface area contributed by atoms with Gasteiger partial charge in [-0.05, 0) is 27.6 Å². The molecule has 1 aromatic heterocycles. The van der Waals surface area contributed by atoms with Gasteiger partial charge in [0, 0.05) is 5.56 Å². The van der Waals surface area contributed by atoms with Crippen LogP contribution in [0.15, 0.2) is 60.8 Å². The topological polar surface area (TPSA) is 45.8 Å². The number of H-pyrrole nitrogens is 1. The summed E-state index contributed by atoms with van der Waals surface area (Å²) in [6.07, 6.45) is 2.41. The Morgan fingerprint density at radius 2 is 1.52 bits per heavy atom. The number of benzene rings is 3. The van der Waals surface area contributed by atoms with Crippen LogP contribution in [0.1, 0.15) is 10.4 Å². The van der Waals surface area contributed by atoms with Gasteiger partial charge in [0.05, 0.1) is 17.5 Å². The minimum absolute atomic E-state index is 0.580. The van der Waals surface area contributed by atoms with Gasteiger partial charge in [0.25, 0.3) is 0 Å². The van der Waals surface area contributed by atoms with Crippen molar-refractivity contribution in [2.24, 2.45) is 0 Å². The van der Waals surface area contributed by atoms with Crippen molar-refractivity contribution in [3.63, 3.8) is 0 Å². The average Bonchev–Trinajstić information content (AvgIpc) is 3.00. The Balaban J connectivity index is 2.24. The molecule has 100 valence electrons. The molecule has 0 amide bonds. The molecule has 0 aliphatic carbocycles. The summed E-state index contributed by atoms with van der Waals surface area (Å²) in [5.74, 6) is 0. The molecule has 3 heteroatoms. The number of rotatable bonds is 2. The molecule has 0 saturated heterocycles. The molecule has 0 aliphatic heterocycles. The summed E-state index contributed by atoms with van der Waals surface area (Å²) in [5, 5.41) is 11.5. The maximum atomic E-state index is 11.3. The van der Waals surface area contributed by atoms with Crippen LogP contribution in [0.5, 0.6) is 0 Å². The van der Waals surface area contributed by atoms with Crippen LogP contribution in [0, 0.1) is 0 Å². The summed E-state index contributed by atoms with van der Waals surface area (Å²) in [4.78, 5) is 11.3. The van der Waals surface area contributed by atoms with Gasteiger partial charge in [-0.25, -0.2) is 0 Å². The quantitative estimate of drug-likeness (QED) is 0.439. The van der Waals surface area contributed by atoms with Crippen molar-refractivity contribution in [3.05, 3.63) is 66.4 Å². The Kier molecular flexibility index (Phi) is 2.57. The number of fused-ring (bicyclic) bond motifs is 2. The summed E-state index contributed by atoms with van der Waals surface area (Å²) in [7, 11) is 0. The number of nitrogens with one attached hydrogen (secondary N) is 1. The first kappa shape index (κ1) is 11.9. The number of aromatic nitrogens is 2. The molecule has 0 unspecified atom stereocenters. The highest BCUT2D eigenvalue weighted by Crippen LogP contribution is 2.36. The van der Waals surface area contributed by atoms with Gasteiger partial charge in [0.2, 0.25) is 0 Å². The number of carbonyl (C=O) groups is 1. The number of carbonyl (C=O) groups excluding carboxylic acids is 1. The molecule has 0 fully saturated rings. The van der Waals surface area contributed by atoms with E-state index < -0.39 is 0 Å². The lowest BCUT2D eigenvalue weighted by Gasteiger charge is -2.10. The van der Waals surface area contributed by atoms with Crippen molar-refractivity contribution in [2.45, 2.75) is 0 Å². The standard InChI is InChI=1S/C18H12N2O/c21-11-14-10-19-20-18(14)17-15-7-3-1-5-12(15)9-13-6-2-4-8-16(13)17/h1-11H,(H,19,20). The van der Waals surface area contributed by atoms with E-state index in [0.29, 0.717) is 5.56 Å². The third kappa shape index (κ3) is 1.75. The highest BCUT2D eigenvalue weighted by molar-refractivity contribution is 6.13. The van der Waals surface area contributed by atoms with Crippen molar-refractivity contribution in [1.29, 1.82) is 0 Å². The fraction of sp³-hybridized carbons (Fsp3) is 0. The average molecular weight is 272 g/mol. The molecular weight excluding hydrogens is 260 g/mol. The maximum absolute atomic E-state index is 11.3. The lowest BCUT2D eigenvalue weighted by atomic mass is 9.94. The normalized spacial score (nSPS) is 11.0. The SMILES string of the molecule is O=Cc1cn[nH]c1-c1c2ccccc2cc2ccccc12. The highest BCUT2D eigenvalue weighted by Gasteiger charge is 2.14. The van der Waals surface area contributed by atoms with Crippen LogP contribution in [0.3, 0.4) is 0 Å². The zero-order valence-corrected chi connectivity index (χ0v) is 11.2. The van der Waals surface area contributed by atoms with Gasteiger partial charge in [0.15, 0.2) is 6.29 Å². The van der Waals surface area contributed by atoms with Crippen molar-refractivity contribution in [3.8, 4) is 11.3 Å². The number of nitrogens with zero attached hydrogens (tertiary/aromatic N) is 1. The molecule has 0 spiro atoms. The molecule has 3 nitrogen and oxygen atoms in total. The minimum atomic E-state index is 0.580. The van der Waals surface area contributed by atoms with Gasteiger partial charge in [0.1, 0.15) is 0 Å². The van der Waals surface area contributed by atoms with E-state index in [9.17, 15) is 4.79 Å². The predicted molar refractivity (Wildman–Crippen MR) is 84.4 cm³/mol. The molecule has 4 rings (SSSR count). The maximum Gasteiger partial charge on any atom is 0.153 e. The van der Waals surface area contributed by atoms with Crippen molar-refractivity contribution in [1.82, 2.24) is 10.2 Å². The summed E-state index contributed by atoms with van der Waals surface area (Å²) < 4.78 is 0. The van der Waals surface area contributed by atoms with Crippen LogP contribution in [0.4, 0.5) is 0 Å². The third-order valence-corrected chi connectivity index (χ3v) is 3.82. The van der Waals surface area contributed by atoms with Gasteiger partial charge in [-0.3, -0.25) is 9.89 Å². The van der Waals surface area contributed by atoms with E-state index in [0.717, 1.165) is 39.1 Å². The lowest BCUT2D eigenvalue weighted by Crippen LogP contribution is -1.89. The van der Waals surface area contributed by atoms with Crippen LogP contribution < -0.4 is 0 Å². The zero-order chi connectivity index (χ0) is 14.2. The molecule has 0 atom stereocenters. The molecule has 0 bridgehead atoms. The second-order valence-electron chi connectivity index (χ2n) is 5.01. The largest absolute Gasteiger partial charge is 0.298 e. The predicted octanol–water partition coefficient (Wildman–Crippen LogP) is 4.20.